The third-order valence-corrected chi connectivity index (χ3v) is 7.14. The summed E-state index contributed by atoms with van der Waals surface area (Å²) in [4.78, 5) is 10.8. The first-order valence-electron chi connectivity index (χ1n) is 4.65. The summed E-state index contributed by atoms with van der Waals surface area (Å²) in [6, 6.07) is 0. The minimum Gasteiger partial charge on any atom is -0.479 e. The molecule has 82 valence electrons. The van der Waals surface area contributed by atoms with Crippen LogP contribution in [0.1, 0.15) is 20.8 Å². The Labute approximate surface area is 86.9 Å². The molecule has 14 heavy (non-hydrogen) atoms. The van der Waals surface area contributed by atoms with Gasteiger partial charge in [0.1, 0.15) is 0 Å². The van der Waals surface area contributed by atoms with E-state index in [9.17, 15) is 4.79 Å². The van der Waals surface area contributed by atoms with Crippen molar-refractivity contribution < 1.29 is 14.3 Å². The Hall–Kier alpha value is -0.613. The Morgan fingerprint density at radius 1 is 1.50 bits per heavy atom. The first kappa shape index (κ1) is 13.4. The maximum Gasteiger partial charge on any atom is 0.335 e. The fraction of sp³-hybridized carbons (Fsp3) is 0.700. The summed E-state index contributed by atoms with van der Waals surface area (Å²) in [5, 5.41) is 8.85. The average Bonchev–Trinajstić information content (AvgIpc) is 1.97. The fourth-order valence-corrected chi connectivity index (χ4v) is 1.88. The molecule has 3 nitrogen and oxygen atoms in total. The summed E-state index contributed by atoms with van der Waals surface area (Å²) in [5.41, 5.74) is 0. The highest BCUT2D eigenvalue weighted by molar-refractivity contribution is 6.74. The van der Waals surface area contributed by atoms with Crippen LogP contribution in [0.2, 0.25) is 18.1 Å². The Bertz CT molecular complexity index is 228. The van der Waals surface area contributed by atoms with E-state index in [1.54, 1.807) is 0 Å². The highest BCUT2D eigenvalue weighted by Crippen LogP contribution is 2.37. The molecule has 0 spiro atoms. The van der Waals surface area contributed by atoms with Gasteiger partial charge in [0.2, 0.25) is 0 Å². The highest BCUT2D eigenvalue weighted by Gasteiger charge is 2.39. The van der Waals surface area contributed by atoms with E-state index in [1.807, 2.05) is 13.1 Å². The Morgan fingerprint density at radius 3 is 2.14 bits per heavy atom. The Kier molecular flexibility index (Phi) is 4.09. The van der Waals surface area contributed by atoms with E-state index in [4.69, 9.17) is 9.53 Å². The molecule has 4 heteroatoms. The van der Waals surface area contributed by atoms with Crippen LogP contribution in [0.3, 0.4) is 0 Å². The molecule has 0 aliphatic heterocycles. The van der Waals surface area contributed by atoms with E-state index in [1.165, 1.54) is 6.08 Å². The van der Waals surface area contributed by atoms with Gasteiger partial charge in [-0.25, -0.2) is 4.79 Å². The molecule has 0 fully saturated rings. The summed E-state index contributed by atoms with van der Waals surface area (Å²) < 4.78 is 5.63. The predicted octanol–water partition coefficient (Wildman–Crippen LogP) is 2.65. The minimum atomic E-state index is -2.00. The number of hydrogen-bond acceptors (Lipinski definition) is 2. The first-order chi connectivity index (χ1) is 6.12. The molecule has 0 aliphatic carbocycles. The van der Waals surface area contributed by atoms with Crippen molar-refractivity contribution >= 4 is 14.3 Å². The van der Waals surface area contributed by atoms with Crippen molar-refractivity contribution in [1.29, 1.82) is 0 Å². The van der Waals surface area contributed by atoms with Gasteiger partial charge in [-0.05, 0) is 18.1 Å². The van der Waals surface area contributed by atoms with Gasteiger partial charge in [0.05, 0.1) is 0 Å². The largest absolute Gasteiger partial charge is 0.479 e. The van der Waals surface area contributed by atoms with Crippen molar-refractivity contribution in [3.63, 3.8) is 0 Å². The molecular formula is C10H20O3Si. The summed E-state index contributed by atoms with van der Waals surface area (Å²) in [7, 11) is -2.00. The standard InChI is InChI=1S/C10H20O3Si/c1-7-8(9(11)12)13-14(5,6)10(2,3)4/h7-8H,1H2,2-6H3,(H,11,12)/t8-/m0/s1. The molecule has 0 aromatic rings. The van der Waals surface area contributed by atoms with Gasteiger partial charge in [-0.3, -0.25) is 0 Å². The van der Waals surface area contributed by atoms with Crippen molar-refractivity contribution in [2.24, 2.45) is 0 Å². The lowest BCUT2D eigenvalue weighted by molar-refractivity contribution is -0.143. The summed E-state index contributed by atoms with van der Waals surface area (Å²) in [6.45, 7) is 13.7. The van der Waals surface area contributed by atoms with Crippen molar-refractivity contribution in [3.05, 3.63) is 12.7 Å². The van der Waals surface area contributed by atoms with Crippen LogP contribution < -0.4 is 0 Å². The minimum absolute atomic E-state index is 0.0176. The van der Waals surface area contributed by atoms with Gasteiger partial charge in [-0.2, -0.15) is 0 Å². The van der Waals surface area contributed by atoms with Crippen LogP contribution in [0.4, 0.5) is 0 Å². The van der Waals surface area contributed by atoms with E-state index in [0.717, 1.165) is 0 Å². The van der Waals surface area contributed by atoms with E-state index in [0.29, 0.717) is 0 Å². The quantitative estimate of drug-likeness (QED) is 0.580. The van der Waals surface area contributed by atoms with E-state index >= 15 is 0 Å². The van der Waals surface area contributed by atoms with Gasteiger partial charge in [0.15, 0.2) is 14.4 Å². The molecule has 0 saturated heterocycles. The van der Waals surface area contributed by atoms with E-state index < -0.39 is 20.4 Å². The van der Waals surface area contributed by atoms with Gasteiger partial charge >= 0.3 is 5.97 Å². The van der Waals surface area contributed by atoms with Crippen LogP contribution in [0.25, 0.3) is 0 Å². The van der Waals surface area contributed by atoms with E-state index in [2.05, 4.69) is 27.4 Å². The molecule has 0 radical (unpaired) electrons. The lowest BCUT2D eigenvalue weighted by Gasteiger charge is -2.37. The van der Waals surface area contributed by atoms with Crippen molar-refractivity contribution in [2.45, 2.75) is 45.0 Å². The second-order valence-electron chi connectivity index (χ2n) is 4.87. The molecular weight excluding hydrogens is 196 g/mol. The molecule has 0 amide bonds. The van der Waals surface area contributed by atoms with Crippen LogP contribution in [-0.2, 0) is 9.22 Å². The lowest BCUT2D eigenvalue weighted by Crippen LogP contribution is -2.45. The van der Waals surface area contributed by atoms with Crippen molar-refractivity contribution in [1.82, 2.24) is 0 Å². The van der Waals surface area contributed by atoms with Crippen LogP contribution in [0, 0.1) is 0 Å². The smallest absolute Gasteiger partial charge is 0.335 e. The molecule has 0 heterocycles. The molecule has 0 bridgehead atoms. The number of carbonyl (C=O) groups is 1. The molecule has 0 saturated carbocycles. The second-order valence-corrected chi connectivity index (χ2v) is 9.63. The van der Waals surface area contributed by atoms with Crippen LogP contribution in [-0.4, -0.2) is 25.5 Å². The zero-order valence-corrected chi connectivity index (χ0v) is 10.6. The maximum atomic E-state index is 10.8. The summed E-state index contributed by atoms with van der Waals surface area (Å²) >= 11 is 0. The first-order valence-corrected chi connectivity index (χ1v) is 7.56. The molecule has 0 aliphatic rings. The number of aliphatic carboxylic acids is 1. The molecule has 1 atom stereocenters. The monoisotopic (exact) mass is 216 g/mol. The Balaban J connectivity index is 4.64. The van der Waals surface area contributed by atoms with Crippen molar-refractivity contribution in [2.75, 3.05) is 0 Å². The van der Waals surface area contributed by atoms with Crippen LogP contribution in [0.15, 0.2) is 12.7 Å². The second kappa shape index (κ2) is 4.27. The summed E-state index contributed by atoms with van der Waals surface area (Å²) in [5.74, 6) is -0.968. The number of rotatable bonds is 4. The van der Waals surface area contributed by atoms with E-state index in [-0.39, 0.29) is 5.04 Å². The number of carboxylic acid groups (broad SMARTS) is 1. The average molecular weight is 216 g/mol. The predicted molar refractivity (Wildman–Crippen MR) is 59.9 cm³/mol. The zero-order chi connectivity index (χ0) is 11.6. The summed E-state index contributed by atoms with van der Waals surface area (Å²) in [6.07, 6.45) is 0.457. The third kappa shape index (κ3) is 3.27. The molecule has 0 rings (SSSR count). The fourth-order valence-electron chi connectivity index (χ4n) is 0.694. The third-order valence-electron chi connectivity index (χ3n) is 2.69. The molecule has 0 aromatic heterocycles. The zero-order valence-electron chi connectivity index (χ0n) is 9.63. The topological polar surface area (TPSA) is 46.5 Å². The molecule has 0 aromatic carbocycles. The molecule has 1 N–H and O–H groups in total. The number of carboxylic acids is 1. The highest BCUT2D eigenvalue weighted by atomic mass is 28.4. The van der Waals surface area contributed by atoms with Crippen molar-refractivity contribution in [3.8, 4) is 0 Å². The normalized spacial score (nSPS) is 14.9. The lowest BCUT2D eigenvalue weighted by atomic mass is 10.2. The SMILES string of the molecule is C=C[C@H](O[Si](C)(C)C(C)(C)C)C(=O)O. The van der Waals surface area contributed by atoms with Gasteiger partial charge < -0.3 is 9.53 Å². The number of hydrogen-bond donors (Lipinski definition) is 1. The van der Waals surface area contributed by atoms with Gasteiger partial charge in [-0.15, -0.1) is 0 Å². The molecule has 0 unspecified atom stereocenters. The van der Waals surface area contributed by atoms with Gasteiger partial charge in [0, 0.05) is 0 Å². The van der Waals surface area contributed by atoms with Crippen LogP contribution >= 0.6 is 0 Å². The maximum absolute atomic E-state index is 10.8. The Morgan fingerprint density at radius 2 is 1.93 bits per heavy atom. The van der Waals surface area contributed by atoms with Gasteiger partial charge in [-0.1, -0.05) is 33.4 Å². The van der Waals surface area contributed by atoms with Crippen LogP contribution in [0.5, 0.6) is 0 Å². The van der Waals surface area contributed by atoms with Gasteiger partial charge in [0.25, 0.3) is 0 Å².